The third-order valence-electron chi connectivity index (χ3n) is 5.30. The van der Waals surface area contributed by atoms with E-state index in [1.54, 1.807) is 20.4 Å². The van der Waals surface area contributed by atoms with Crippen molar-refractivity contribution >= 4 is 32.9 Å². The van der Waals surface area contributed by atoms with Gasteiger partial charge < -0.3 is 5.32 Å². The summed E-state index contributed by atoms with van der Waals surface area (Å²) >= 11 is 1.64. The first-order valence-electron chi connectivity index (χ1n) is 10.1. The minimum Gasteiger partial charge on any atom is -0.360 e. The number of hydrogen-bond acceptors (Lipinski definition) is 6. The van der Waals surface area contributed by atoms with Crippen LogP contribution in [0.15, 0.2) is 53.5 Å². The first kappa shape index (κ1) is 19.4. The summed E-state index contributed by atoms with van der Waals surface area (Å²) in [6, 6.07) is 13.3. The Labute approximate surface area is 183 Å². The molecule has 0 saturated heterocycles. The van der Waals surface area contributed by atoms with Gasteiger partial charge >= 0.3 is 0 Å². The van der Waals surface area contributed by atoms with E-state index < -0.39 is 0 Å². The maximum Gasteiger partial charge on any atom is 0.282 e. The van der Waals surface area contributed by atoms with E-state index in [0.29, 0.717) is 17.2 Å². The van der Waals surface area contributed by atoms with Crippen molar-refractivity contribution in [2.45, 2.75) is 33.7 Å². The molecule has 8 heteroatoms. The van der Waals surface area contributed by atoms with Crippen LogP contribution in [-0.4, -0.2) is 24.1 Å². The first-order chi connectivity index (χ1) is 14.9. The number of nitrogens with zero attached hydrogens (tertiary/aromatic N) is 5. The Morgan fingerprint density at radius 1 is 1.06 bits per heavy atom. The second-order valence-electron chi connectivity index (χ2n) is 7.69. The lowest BCUT2D eigenvalue weighted by Crippen LogP contribution is -2.29. The van der Waals surface area contributed by atoms with Crippen molar-refractivity contribution in [2.75, 3.05) is 5.32 Å². The van der Waals surface area contributed by atoms with Crippen LogP contribution in [0, 0.1) is 20.8 Å². The van der Waals surface area contributed by atoms with Gasteiger partial charge in [0.1, 0.15) is 22.0 Å². The molecular weight excluding hydrogens is 408 g/mol. The van der Waals surface area contributed by atoms with E-state index in [1.165, 1.54) is 4.88 Å². The standard InChI is InChI=1S/C23H22N6OS/c1-13-10-11-28-19(13)23(30)29(17-8-6-5-7-9-17)21(27-28)15(3)24-20-18-12-14(2)31-22(18)26-16(4)25-20/h5-12,15H,1-4H3,(H,24,25,26)/t15-/m0/s1. The minimum absolute atomic E-state index is 0.0947. The lowest BCUT2D eigenvalue weighted by Gasteiger charge is -2.20. The van der Waals surface area contributed by atoms with Crippen molar-refractivity contribution in [3.8, 4) is 5.69 Å². The lowest BCUT2D eigenvalue weighted by atomic mass is 10.2. The Bertz CT molecular complexity index is 1480. The number of aryl methyl sites for hydroxylation is 3. The fraction of sp³-hybridized carbons (Fsp3) is 0.217. The topological polar surface area (TPSA) is 77.1 Å². The predicted octanol–water partition coefficient (Wildman–Crippen LogP) is 4.59. The van der Waals surface area contributed by atoms with Crippen LogP contribution < -0.4 is 10.9 Å². The molecule has 4 aromatic heterocycles. The number of aromatic nitrogens is 5. The van der Waals surface area contributed by atoms with Crippen molar-refractivity contribution in [1.29, 1.82) is 0 Å². The summed E-state index contributed by atoms with van der Waals surface area (Å²) in [5.74, 6) is 2.06. The Morgan fingerprint density at radius 2 is 1.84 bits per heavy atom. The molecule has 0 unspecified atom stereocenters. The summed E-state index contributed by atoms with van der Waals surface area (Å²) in [6.45, 7) is 7.86. The molecule has 1 aromatic carbocycles. The molecule has 1 N–H and O–H groups in total. The molecule has 0 radical (unpaired) electrons. The molecule has 156 valence electrons. The maximum absolute atomic E-state index is 13.5. The van der Waals surface area contributed by atoms with Crippen LogP contribution in [0.3, 0.4) is 0 Å². The zero-order valence-electron chi connectivity index (χ0n) is 17.7. The van der Waals surface area contributed by atoms with Crippen LogP contribution in [0.5, 0.6) is 0 Å². The first-order valence-corrected chi connectivity index (χ1v) is 10.9. The highest BCUT2D eigenvalue weighted by atomic mass is 32.1. The number of rotatable bonds is 4. The summed E-state index contributed by atoms with van der Waals surface area (Å²) in [6.07, 6.45) is 1.83. The van der Waals surface area contributed by atoms with Crippen LogP contribution in [0.2, 0.25) is 0 Å². The zero-order valence-corrected chi connectivity index (χ0v) is 18.6. The number of fused-ring (bicyclic) bond motifs is 2. The fourth-order valence-electron chi connectivity index (χ4n) is 3.87. The second-order valence-corrected chi connectivity index (χ2v) is 8.92. The molecule has 0 aliphatic heterocycles. The summed E-state index contributed by atoms with van der Waals surface area (Å²) in [7, 11) is 0. The van der Waals surface area contributed by atoms with Crippen LogP contribution in [0.1, 0.15) is 35.1 Å². The van der Waals surface area contributed by atoms with Crippen molar-refractivity contribution in [2.24, 2.45) is 0 Å². The molecule has 7 nitrogen and oxygen atoms in total. The summed E-state index contributed by atoms with van der Waals surface area (Å²) < 4.78 is 3.35. The minimum atomic E-state index is -0.280. The Kier molecular flexibility index (Phi) is 4.59. The summed E-state index contributed by atoms with van der Waals surface area (Å²) in [5.41, 5.74) is 2.16. The predicted molar refractivity (Wildman–Crippen MR) is 124 cm³/mol. The van der Waals surface area contributed by atoms with E-state index in [2.05, 4.69) is 28.3 Å². The molecule has 0 amide bonds. The van der Waals surface area contributed by atoms with Gasteiger partial charge in [-0.05, 0) is 57.5 Å². The van der Waals surface area contributed by atoms with Gasteiger partial charge in [0.15, 0.2) is 5.82 Å². The molecule has 5 aromatic rings. The molecular formula is C23H22N6OS. The van der Waals surface area contributed by atoms with Crippen molar-refractivity contribution in [1.82, 2.24) is 24.1 Å². The molecule has 1 atom stereocenters. The van der Waals surface area contributed by atoms with Gasteiger partial charge in [-0.15, -0.1) is 11.3 Å². The van der Waals surface area contributed by atoms with E-state index in [0.717, 1.165) is 27.3 Å². The third-order valence-corrected chi connectivity index (χ3v) is 6.24. The van der Waals surface area contributed by atoms with Gasteiger partial charge in [0.05, 0.1) is 17.1 Å². The fourth-order valence-corrected chi connectivity index (χ4v) is 4.79. The third kappa shape index (κ3) is 3.29. The number of hydrogen-bond donors (Lipinski definition) is 1. The molecule has 0 spiro atoms. The highest BCUT2D eigenvalue weighted by Gasteiger charge is 2.21. The van der Waals surface area contributed by atoms with Gasteiger partial charge in [0.2, 0.25) is 0 Å². The van der Waals surface area contributed by atoms with Crippen molar-refractivity contribution < 1.29 is 0 Å². The van der Waals surface area contributed by atoms with E-state index in [-0.39, 0.29) is 11.6 Å². The van der Waals surface area contributed by atoms with Gasteiger partial charge in [-0.3, -0.25) is 9.36 Å². The number of nitrogens with one attached hydrogen (secondary N) is 1. The van der Waals surface area contributed by atoms with E-state index >= 15 is 0 Å². The summed E-state index contributed by atoms with van der Waals surface area (Å²) in [5, 5.41) is 9.28. The van der Waals surface area contributed by atoms with E-state index in [9.17, 15) is 4.79 Å². The molecule has 0 aliphatic carbocycles. The molecule has 0 saturated carbocycles. The van der Waals surface area contributed by atoms with Crippen LogP contribution in [0.25, 0.3) is 21.4 Å². The van der Waals surface area contributed by atoms with Crippen LogP contribution >= 0.6 is 11.3 Å². The monoisotopic (exact) mass is 430 g/mol. The largest absolute Gasteiger partial charge is 0.360 e. The molecule has 5 rings (SSSR count). The average molecular weight is 431 g/mol. The maximum atomic E-state index is 13.5. The van der Waals surface area contributed by atoms with E-state index in [1.807, 2.05) is 63.4 Å². The van der Waals surface area contributed by atoms with Gasteiger partial charge in [0.25, 0.3) is 5.56 Å². The SMILES string of the molecule is Cc1nc(N[C@@H](C)c2nn3ccc(C)c3c(=O)n2-c2ccccc2)c2cc(C)sc2n1. The number of benzene rings is 1. The second kappa shape index (κ2) is 7.31. The number of para-hydroxylation sites is 1. The highest BCUT2D eigenvalue weighted by molar-refractivity contribution is 7.18. The molecule has 31 heavy (non-hydrogen) atoms. The van der Waals surface area contributed by atoms with E-state index in [4.69, 9.17) is 5.10 Å². The average Bonchev–Trinajstić information content (AvgIpc) is 3.30. The summed E-state index contributed by atoms with van der Waals surface area (Å²) in [4.78, 5) is 24.8. The van der Waals surface area contributed by atoms with Gasteiger partial charge in [0, 0.05) is 11.1 Å². The molecule has 0 fully saturated rings. The van der Waals surface area contributed by atoms with Crippen LogP contribution in [-0.2, 0) is 0 Å². The molecule has 0 aliphatic rings. The Morgan fingerprint density at radius 3 is 2.61 bits per heavy atom. The quantitative estimate of drug-likeness (QED) is 0.451. The van der Waals surface area contributed by atoms with Crippen molar-refractivity contribution in [3.63, 3.8) is 0 Å². The Balaban J connectivity index is 1.69. The van der Waals surface area contributed by atoms with Gasteiger partial charge in [-0.25, -0.2) is 14.5 Å². The number of thiophene rings is 1. The Hall–Kier alpha value is -3.52. The number of anilines is 1. The van der Waals surface area contributed by atoms with Gasteiger partial charge in [-0.1, -0.05) is 18.2 Å². The van der Waals surface area contributed by atoms with Crippen LogP contribution in [0.4, 0.5) is 5.82 Å². The normalized spacial score (nSPS) is 12.5. The van der Waals surface area contributed by atoms with Gasteiger partial charge in [-0.2, -0.15) is 5.10 Å². The van der Waals surface area contributed by atoms with Crippen molar-refractivity contribution in [3.05, 3.63) is 81.1 Å². The smallest absolute Gasteiger partial charge is 0.282 e. The molecule has 4 heterocycles. The highest BCUT2D eigenvalue weighted by Crippen LogP contribution is 2.30. The lowest BCUT2D eigenvalue weighted by molar-refractivity contribution is 0.672. The molecule has 0 bridgehead atoms. The zero-order chi connectivity index (χ0) is 21.7.